The maximum absolute atomic E-state index is 10.5. The lowest BCUT2D eigenvalue weighted by molar-refractivity contribution is 0.0576. The Morgan fingerprint density at radius 2 is 1.94 bits per heavy atom. The van der Waals surface area contributed by atoms with Crippen LogP contribution in [-0.4, -0.2) is 25.5 Å². The fourth-order valence-electron chi connectivity index (χ4n) is 2.13. The summed E-state index contributed by atoms with van der Waals surface area (Å²) in [6.07, 6.45) is 2.66. The van der Waals surface area contributed by atoms with Crippen molar-refractivity contribution in [3.05, 3.63) is 48.0 Å². The zero-order valence-corrected chi connectivity index (χ0v) is 10.9. The van der Waals surface area contributed by atoms with Crippen molar-refractivity contribution in [1.29, 1.82) is 0 Å². The van der Waals surface area contributed by atoms with Crippen LogP contribution in [0.15, 0.2) is 36.7 Å². The minimum atomic E-state index is -0.804. The molecule has 0 saturated heterocycles. The van der Waals surface area contributed by atoms with Crippen molar-refractivity contribution in [3.63, 3.8) is 0 Å². The number of rotatable bonds is 5. The lowest BCUT2D eigenvalue weighted by atomic mass is 9.93. The van der Waals surface area contributed by atoms with Gasteiger partial charge in [0.25, 0.3) is 0 Å². The summed E-state index contributed by atoms with van der Waals surface area (Å²) in [5, 5.41) is 14.6. The fourth-order valence-corrected chi connectivity index (χ4v) is 2.13. The van der Waals surface area contributed by atoms with E-state index in [1.165, 1.54) is 6.33 Å². The van der Waals surface area contributed by atoms with Gasteiger partial charge in [0.2, 0.25) is 0 Å². The van der Waals surface area contributed by atoms with E-state index >= 15 is 0 Å². The van der Waals surface area contributed by atoms with Crippen LogP contribution >= 0.6 is 0 Å². The Morgan fingerprint density at radius 1 is 1.22 bits per heavy atom. The summed E-state index contributed by atoms with van der Waals surface area (Å²) in [5.41, 5.74) is 0.325. The van der Waals surface area contributed by atoms with E-state index in [-0.39, 0.29) is 0 Å². The summed E-state index contributed by atoms with van der Waals surface area (Å²) >= 11 is 0. The van der Waals surface area contributed by atoms with E-state index in [9.17, 15) is 5.11 Å². The Balaban J connectivity index is 2.08. The summed E-state index contributed by atoms with van der Waals surface area (Å²) < 4.78 is 1.82. The number of nitrogens with zero attached hydrogens (tertiary/aromatic N) is 3. The molecule has 1 aromatic carbocycles. The van der Waals surface area contributed by atoms with Gasteiger partial charge in [-0.05, 0) is 19.4 Å². The first-order chi connectivity index (χ1) is 8.61. The number of aromatic nitrogens is 3. The maximum Gasteiger partial charge on any atom is 0.138 e. The fraction of sp³-hybridized carbons (Fsp3) is 0.429. The van der Waals surface area contributed by atoms with E-state index in [0.717, 1.165) is 17.9 Å². The van der Waals surface area contributed by atoms with Crippen LogP contribution in [0, 0.1) is 0 Å². The Labute approximate surface area is 107 Å². The molecule has 18 heavy (non-hydrogen) atoms. The molecule has 0 fully saturated rings. The van der Waals surface area contributed by atoms with Crippen LogP contribution in [0.4, 0.5) is 0 Å². The highest BCUT2D eigenvalue weighted by atomic mass is 16.3. The molecule has 4 nitrogen and oxygen atoms in total. The predicted octanol–water partition coefficient (Wildman–Crippen LogP) is 1.83. The summed E-state index contributed by atoms with van der Waals surface area (Å²) in [6, 6.07) is 10.0. The average Bonchev–Trinajstić information content (AvgIpc) is 2.76. The predicted molar refractivity (Wildman–Crippen MR) is 70.2 cm³/mol. The third-order valence-corrected chi connectivity index (χ3v) is 2.96. The third kappa shape index (κ3) is 3.17. The second-order valence-corrected chi connectivity index (χ2v) is 4.83. The molecule has 2 aromatic rings. The number of benzene rings is 1. The molecule has 0 amide bonds. The van der Waals surface area contributed by atoms with Gasteiger partial charge in [-0.3, -0.25) is 4.68 Å². The quantitative estimate of drug-likeness (QED) is 0.874. The van der Waals surface area contributed by atoms with Gasteiger partial charge in [0.05, 0.1) is 5.60 Å². The molecule has 1 N–H and O–H groups in total. The molecule has 1 heterocycles. The highest BCUT2D eigenvalue weighted by Crippen LogP contribution is 2.17. The van der Waals surface area contributed by atoms with Crippen molar-refractivity contribution in [2.24, 2.45) is 0 Å². The molecule has 1 aromatic heterocycles. The molecule has 0 aliphatic carbocycles. The van der Waals surface area contributed by atoms with Gasteiger partial charge in [0, 0.05) is 19.4 Å². The smallest absolute Gasteiger partial charge is 0.138 e. The minimum absolute atomic E-state index is 0.510. The second-order valence-electron chi connectivity index (χ2n) is 4.83. The standard InChI is InChI=1S/C14H19N3O/c1-3-17-13(15-11-16-17)10-14(2,18)9-12-7-5-4-6-8-12/h4-8,11,18H,3,9-10H2,1-2H3. The first kappa shape index (κ1) is 12.8. The van der Waals surface area contributed by atoms with Crippen LogP contribution in [0.5, 0.6) is 0 Å². The zero-order valence-electron chi connectivity index (χ0n) is 10.9. The van der Waals surface area contributed by atoms with E-state index < -0.39 is 5.60 Å². The van der Waals surface area contributed by atoms with Crippen LogP contribution < -0.4 is 0 Å². The topological polar surface area (TPSA) is 50.9 Å². The molecule has 4 heteroatoms. The van der Waals surface area contributed by atoms with Crippen molar-refractivity contribution < 1.29 is 5.11 Å². The molecular weight excluding hydrogens is 226 g/mol. The Morgan fingerprint density at radius 3 is 2.61 bits per heavy atom. The summed E-state index contributed by atoms with van der Waals surface area (Å²) in [5.74, 6) is 0.832. The van der Waals surface area contributed by atoms with Gasteiger partial charge in [0.1, 0.15) is 12.2 Å². The van der Waals surface area contributed by atoms with Crippen LogP contribution in [0.3, 0.4) is 0 Å². The van der Waals surface area contributed by atoms with E-state index in [0.29, 0.717) is 12.8 Å². The summed E-state index contributed by atoms with van der Waals surface area (Å²) in [7, 11) is 0. The van der Waals surface area contributed by atoms with Crippen LogP contribution in [0.25, 0.3) is 0 Å². The van der Waals surface area contributed by atoms with Gasteiger partial charge < -0.3 is 5.11 Å². The van der Waals surface area contributed by atoms with Crippen molar-refractivity contribution in [2.45, 2.75) is 38.8 Å². The van der Waals surface area contributed by atoms with E-state index in [4.69, 9.17) is 0 Å². The lowest BCUT2D eigenvalue weighted by Crippen LogP contribution is -2.31. The molecule has 0 radical (unpaired) electrons. The normalized spacial score (nSPS) is 14.4. The monoisotopic (exact) mass is 245 g/mol. The number of aryl methyl sites for hydroxylation is 1. The first-order valence-corrected chi connectivity index (χ1v) is 6.24. The average molecular weight is 245 g/mol. The van der Waals surface area contributed by atoms with Crippen LogP contribution in [-0.2, 0) is 19.4 Å². The van der Waals surface area contributed by atoms with Gasteiger partial charge >= 0.3 is 0 Å². The van der Waals surface area contributed by atoms with E-state index in [1.807, 2.05) is 48.9 Å². The molecule has 0 aliphatic heterocycles. The summed E-state index contributed by atoms with van der Waals surface area (Å²) in [4.78, 5) is 4.21. The highest BCUT2D eigenvalue weighted by Gasteiger charge is 2.24. The van der Waals surface area contributed by atoms with Crippen molar-refractivity contribution in [3.8, 4) is 0 Å². The van der Waals surface area contributed by atoms with Gasteiger partial charge in [0.15, 0.2) is 0 Å². The highest BCUT2D eigenvalue weighted by molar-refractivity contribution is 5.17. The van der Waals surface area contributed by atoms with Gasteiger partial charge in [-0.1, -0.05) is 30.3 Å². The Hall–Kier alpha value is -1.68. The van der Waals surface area contributed by atoms with Crippen molar-refractivity contribution in [1.82, 2.24) is 14.8 Å². The molecule has 0 saturated carbocycles. The van der Waals surface area contributed by atoms with Gasteiger partial charge in [-0.2, -0.15) is 5.10 Å². The van der Waals surface area contributed by atoms with Crippen molar-refractivity contribution >= 4 is 0 Å². The molecule has 96 valence electrons. The molecule has 0 spiro atoms. The van der Waals surface area contributed by atoms with Gasteiger partial charge in [-0.15, -0.1) is 0 Å². The molecule has 1 unspecified atom stereocenters. The molecule has 2 rings (SSSR count). The van der Waals surface area contributed by atoms with E-state index in [2.05, 4.69) is 10.1 Å². The number of aliphatic hydroxyl groups is 1. The second kappa shape index (κ2) is 5.31. The zero-order chi connectivity index (χ0) is 13.0. The molecule has 0 aliphatic rings. The Kier molecular flexibility index (Phi) is 3.77. The summed E-state index contributed by atoms with van der Waals surface area (Å²) in [6.45, 7) is 4.63. The molecule has 0 bridgehead atoms. The SMILES string of the molecule is CCn1ncnc1CC(C)(O)Cc1ccccc1. The maximum atomic E-state index is 10.5. The van der Waals surface area contributed by atoms with Crippen LogP contribution in [0.2, 0.25) is 0 Å². The molecule has 1 atom stereocenters. The largest absolute Gasteiger partial charge is 0.389 e. The number of hydrogen-bond donors (Lipinski definition) is 1. The number of hydrogen-bond acceptors (Lipinski definition) is 3. The lowest BCUT2D eigenvalue weighted by Gasteiger charge is -2.23. The third-order valence-electron chi connectivity index (χ3n) is 2.96. The minimum Gasteiger partial charge on any atom is -0.389 e. The van der Waals surface area contributed by atoms with E-state index in [1.54, 1.807) is 0 Å². The first-order valence-electron chi connectivity index (χ1n) is 6.24. The van der Waals surface area contributed by atoms with Crippen LogP contribution in [0.1, 0.15) is 25.2 Å². The Bertz CT molecular complexity index is 491. The molecular formula is C14H19N3O. The van der Waals surface area contributed by atoms with Crippen molar-refractivity contribution in [2.75, 3.05) is 0 Å². The van der Waals surface area contributed by atoms with Gasteiger partial charge in [-0.25, -0.2) is 4.98 Å².